The maximum Gasteiger partial charge on any atom is 0.163 e. The molecule has 1 aliphatic rings. The van der Waals surface area contributed by atoms with E-state index in [2.05, 4.69) is 15.1 Å². The fraction of sp³-hybridized carbons (Fsp3) is 0.312. The minimum Gasteiger partial charge on any atom is -0.486 e. The van der Waals surface area contributed by atoms with Crippen LogP contribution in [0.25, 0.3) is 0 Å². The van der Waals surface area contributed by atoms with Gasteiger partial charge in [0, 0.05) is 6.54 Å². The van der Waals surface area contributed by atoms with Gasteiger partial charge in [0.1, 0.15) is 12.7 Å². The lowest BCUT2D eigenvalue weighted by atomic mass is 10.2. The van der Waals surface area contributed by atoms with Crippen molar-refractivity contribution in [1.29, 1.82) is 5.26 Å². The molecule has 2 heterocycles. The molecule has 0 fully saturated rings. The number of fused-ring (bicyclic) bond motifs is 1. The summed E-state index contributed by atoms with van der Waals surface area (Å²) in [5.74, 6) is 2.27. The molecule has 22 heavy (non-hydrogen) atoms. The van der Waals surface area contributed by atoms with Gasteiger partial charge in [0.15, 0.2) is 29.1 Å². The molecule has 6 nitrogen and oxygen atoms in total. The van der Waals surface area contributed by atoms with Crippen LogP contribution in [-0.2, 0) is 0 Å². The highest BCUT2D eigenvalue weighted by atomic mass is 16.6. The lowest BCUT2D eigenvalue weighted by Crippen LogP contribution is -2.41. The summed E-state index contributed by atoms with van der Waals surface area (Å²) >= 11 is 0. The van der Waals surface area contributed by atoms with Crippen molar-refractivity contribution in [3.8, 4) is 17.6 Å². The van der Waals surface area contributed by atoms with Crippen LogP contribution in [0, 0.1) is 11.3 Å². The van der Waals surface area contributed by atoms with Crippen molar-refractivity contribution in [3.05, 3.63) is 42.1 Å². The van der Waals surface area contributed by atoms with Gasteiger partial charge in [0.05, 0.1) is 6.54 Å². The van der Waals surface area contributed by atoms with Crippen LogP contribution in [0.1, 0.15) is 12.6 Å². The third kappa shape index (κ3) is 2.93. The van der Waals surface area contributed by atoms with E-state index in [1.807, 2.05) is 37.3 Å². The predicted molar refractivity (Wildman–Crippen MR) is 81.0 cm³/mol. The highest BCUT2D eigenvalue weighted by Crippen LogP contribution is 2.31. The molecule has 3 rings (SSSR count). The minimum atomic E-state index is -0.0766. The smallest absolute Gasteiger partial charge is 0.163 e. The van der Waals surface area contributed by atoms with Crippen molar-refractivity contribution < 1.29 is 9.47 Å². The van der Waals surface area contributed by atoms with Gasteiger partial charge in [-0.05, 0) is 31.2 Å². The van der Waals surface area contributed by atoms with E-state index in [0.29, 0.717) is 18.8 Å². The molecule has 0 bridgehead atoms. The minimum absolute atomic E-state index is 0.0766. The Morgan fingerprint density at radius 3 is 2.73 bits per heavy atom. The average Bonchev–Trinajstić information content (AvgIpc) is 2.59. The number of likely N-dealkylation sites (N-methyl/N-ethyl adjacent to an activating group) is 1. The number of nitriles is 1. The molecule has 0 spiro atoms. The van der Waals surface area contributed by atoms with Crippen LogP contribution in [-0.4, -0.2) is 36.0 Å². The number of rotatable bonds is 4. The standard InChI is InChI=1S/C16H16N4O2/c1-2-20(16-8-7-12(9-17)18-19-16)10-13-11-21-14-5-3-4-6-15(14)22-13/h3-8,13H,2,10-11H2,1H3. The maximum atomic E-state index is 8.78. The van der Waals surface area contributed by atoms with E-state index in [4.69, 9.17) is 14.7 Å². The van der Waals surface area contributed by atoms with Crippen molar-refractivity contribution in [2.24, 2.45) is 0 Å². The molecule has 0 aliphatic carbocycles. The Hall–Kier alpha value is -2.81. The van der Waals surface area contributed by atoms with Gasteiger partial charge in [-0.25, -0.2) is 0 Å². The molecule has 0 saturated heterocycles. The average molecular weight is 296 g/mol. The Kier molecular flexibility index (Phi) is 4.05. The highest BCUT2D eigenvalue weighted by molar-refractivity contribution is 5.42. The summed E-state index contributed by atoms with van der Waals surface area (Å²) < 4.78 is 11.7. The lowest BCUT2D eigenvalue weighted by molar-refractivity contribution is 0.0952. The van der Waals surface area contributed by atoms with Crippen molar-refractivity contribution in [2.45, 2.75) is 13.0 Å². The monoisotopic (exact) mass is 296 g/mol. The van der Waals surface area contributed by atoms with Gasteiger partial charge in [0.2, 0.25) is 0 Å². The van der Waals surface area contributed by atoms with E-state index in [1.165, 1.54) is 0 Å². The quantitative estimate of drug-likeness (QED) is 0.859. The number of anilines is 1. The number of nitrogens with zero attached hydrogens (tertiary/aromatic N) is 4. The van der Waals surface area contributed by atoms with E-state index < -0.39 is 0 Å². The van der Waals surface area contributed by atoms with Gasteiger partial charge in [-0.1, -0.05) is 12.1 Å². The largest absolute Gasteiger partial charge is 0.486 e. The van der Waals surface area contributed by atoms with Crippen LogP contribution in [0.15, 0.2) is 36.4 Å². The summed E-state index contributed by atoms with van der Waals surface area (Å²) in [7, 11) is 0. The van der Waals surface area contributed by atoms with Crippen molar-refractivity contribution in [1.82, 2.24) is 10.2 Å². The molecule has 1 aromatic carbocycles. The first kappa shape index (κ1) is 14.1. The van der Waals surface area contributed by atoms with E-state index in [0.717, 1.165) is 23.9 Å². The molecule has 1 aliphatic heterocycles. The summed E-state index contributed by atoms with van der Waals surface area (Å²) in [6.07, 6.45) is -0.0766. The second-order valence-electron chi connectivity index (χ2n) is 4.92. The summed E-state index contributed by atoms with van der Waals surface area (Å²) in [5.41, 5.74) is 0.311. The van der Waals surface area contributed by atoms with Crippen molar-refractivity contribution in [3.63, 3.8) is 0 Å². The van der Waals surface area contributed by atoms with Gasteiger partial charge in [0.25, 0.3) is 0 Å². The number of hydrogen-bond acceptors (Lipinski definition) is 6. The van der Waals surface area contributed by atoms with Gasteiger partial charge in [-0.2, -0.15) is 5.26 Å². The molecule has 112 valence electrons. The Labute approximate surface area is 128 Å². The van der Waals surface area contributed by atoms with Crippen LogP contribution in [0.3, 0.4) is 0 Å². The zero-order chi connectivity index (χ0) is 15.4. The first-order chi connectivity index (χ1) is 10.8. The fourth-order valence-corrected chi connectivity index (χ4v) is 2.34. The zero-order valence-electron chi connectivity index (χ0n) is 12.3. The molecule has 2 aromatic rings. The number of ether oxygens (including phenoxy) is 2. The predicted octanol–water partition coefficient (Wildman–Crippen LogP) is 2.01. The van der Waals surface area contributed by atoms with Gasteiger partial charge >= 0.3 is 0 Å². The van der Waals surface area contributed by atoms with Crippen molar-refractivity contribution in [2.75, 3.05) is 24.6 Å². The molecule has 1 unspecified atom stereocenters. The molecule has 1 aromatic heterocycles. The maximum absolute atomic E-state index is 8.78. The number of hydrogen-bond donors (Lipinski definition) is 0. The first-order valence-corrected chi connectivity index (χ1v) is 7.17. The third-order valence-electron chi connectivity index (χ3n) is 3.46. The summed E-state index contributed by atoms with van der Waals surface area (Å²) in [6, 6.07) is 13.1. The molecule has 1 atom stereocenters. The van der Waals surface area contributed by atoms with Crippen LogP contribution in [0.5, 0.6) is 11.5 Å². The highest BCUT2D eigenvalue weighted by Gasteiger charge is 2.23. The second-order valence-corrected chi connectivity index (χ2v) is 4.92. The van der Waals surface area contributed by atoms with Crippen LogP contribution >= 0.6 is 0 Å². The van der Waals surface area contributed by atoms with E-state index in [-0.39, 0.29) is 6.10 Å². The summed E-state index contributed by atoms with van der Waals surface area (Å²) in [5, 5.41) is 16.7. The molecule has 0 radical (unpaired) electrons. The Morgan fingerprint density at radius 2 is 2.05 bits per heavy atom. The van der Waals surface area contributed by atoms with E-state index in [1.54, 1.807) is 12.1 Å². The van der Waals surface area contributed by atoms with Gasteiger partial charge in [-0.3, -0.25) is 0 Å². The van der Waals surface area contributed by atoms with Crippen molar-refractivity contribution >= 4 is 5.82 Å². The third-order valence-corrected chi connectivity index (χ3v) is 3.46. The molecule has 0 saturated carbocycles. The van der Waals surface area contributed by atoms with Gasteiger partial charge < -0.3 is 14.4 Å². The lowest BCUT2D eigenvalue weighted by Gasteiger charge is -2.31. The Bertz CT molecular complexity index is 681. The summed E-state index contributed by atoms with van der Waals surface area (Å²) in [4.78, 5) is 2.05. The number of para-hydroxylation sites is 2. The molecular formula is C16H16N4O2. The molecule has 0 N–H and O–H groups in total. The van der Waals surface area contributed by atoms with Crippen LogP contribution < -0.4 is 14.4 Å². The van der Waals surface area contributed by atoms with E-state index in [9.17, 15) is 0 Å². The molecule has 6 heteroatoms. The first-order valence-electron chi connectivity index (χ1n) is 7.17. The molecular weight excluding hydrogens is 280 g/mol. The summed E-state index contributed by atoms with van der Waals surface area (Å²) in [6.45, 7) is 3.95. The molecule has 0 amide bonds. The topological polar surface area (TPSA) is 71.3 Å². The fourth-order valence-electron chi connectivity index (χ4n) is 2.34. The Morgan fingerprint density at radius 1 is 1.23 bits per heavy atom. The normalized spacial score (nSPS) is 15.9. The number of aromatic nitrogens is 2. The number of benzene rings is 1. The van der Waals surface area contributed by atoms with Crippen LogP contribution in [0.2, 0.25) is 0 Å². The second kappa shape index (κ2) is 6.31. The van der Waals surface area contributed by atoms with E-state index >= 15 is 0 Å². The van der Waals surface area contributed by atoms with Gasteiger partial charge in [-0.15, -0.1) is 10.2 Å². The Balaban J connectivity index is 1.70. The SMILES string of the molecule is CCN(CC1COc2ccccc2O1)c1ccc(C#N)nn1. The van der Waals surface area contributed by atoms with Crippen LogP contribution in [0.4, 0.5) is 5.82 Å². The zero-order valence-corrected chi connectivity index (χ0v) is 12.3.